The number of nitrogens with zero attached hydrogens (tertiary/aromatic N) is 4. The van der Waals surface area contributed by atoms with Crippen molar-refractivity contribution in [3.8, 4) is 24.7 Å². The van der Waals surface area contributed by atoms with Crippen LogP contribution >= 0.6 is 11.6 Å². The van der Waals surface area contributed by atoms with E-state index in [9.17, 15) is 20.2 Å². The lowest BCUT2D eigenvalue weighted by atomic mass is 10.1. The van der Waals surface area contributed by atoms with Gasteiger partial charge in [-0.1, -0.05) is 53.8 Å². The first-order valence-corrected chi connectivity index (χ1v) is 14.3. The van der Waals surface area contributed by atoms with Gasteiger partial charge in [0.1, 0.15) is 11.0 Å². The van der Waals surface area contributed by atoms with Crippen molar-refractivity contribution in [3.05, 3.63) is 145 Å². The van der Waals surface area contributed by atoms with Gasteiger partial charge in [0.2, 0.25) is 0 Å². The summed E-state index contributed by atoms with van der Waals surface area (Å²) < 4.78 is 0. The predicted molar refractivity (Wildman–Crippen MR) is 188 cm³/mol. The number of aryl methyl sites for hydroxylation is 2. The molecule has 0 amide bonds. The number of rotatable bonds is 4. The van der Waals surface area contributed by atoms with Crippen LogP contribution < -0.4 is 11.1 Å². The van der Waals surface area contributed by atoms with Gasteiger partial charge in [-0.3, -0.25) is 20.2 Å². The molecule has 4 aromatic carbocycles. The summed E-state index contributed by atoms with van der Waals surface area (Å²) >= 11 is 5.85. The molecule has 0 spiro atoms. The SMILES string of the molecule is C#Cc1cccc(N)c1.C#Cc1cccc(Nc2nccc3c([N+](=O)[O-])c(C)ccc23)c1.Cc1ccc2c(Cl)nccc2c1[N+](=O)[O-]. The topological polar surface area (TPSA) is 150 Å². The Labute approximate surface area is 275 Å². The van der Waals surface area contributed by atoms with Crippen molar-refractivity contribution in [2.45, 2.75) is 13.8 Å². The Morgan fingerprint density at radius 3 is 1.81 bits per heavy atom. The number of nitrogens with two attached hydrogens (primary N) is 1. The van der Waals surface area contributed by atoms with Crippen LogP contribution in [-0.4, -0.2) is 19.8 Å². The molecule has 0 aliphatic heterocycles. The van der Waals surface area contributed by atoms with E-state index in [0.29, 0.717) is 44.2 Å². The van der Waals surface area contributed by atoms with Gasteiger partial charge in [0.25, 0.3) is 11.4 Å². The van der Waals surface area contributed by atoms with E-state index in [2.05, 4.69) is 27.1 Å². The molecule has 2 aromatic heterocycles. The molecular formula is C36H27ClN6O4. The number of hydrogen-bond acceptors (Lipinski definition) is 8. The highest BCUT2D eigenvalue weighted by Gasteiger charge is 2.18. The van der Waals surface area contributed by atoms with Gasteiger partial charge in [-0.05, 0) is 68.4 Å². The first-order chi connectivity index (χ1) is 22.5. The van der Waals surface area contributed by atoms with E-state index < -0.39 is 4.92 Å². The van der Waals surface area contributed by atoms with Gasteiger partial charge in [-0.2, -0.15) is 0 Å². The number of nitro benzene ring substituents is 2. The summed E-state index contributed by atoms with van der Waals surface area (Å²) in [7, 11) is 0. The normalized spacial score (nSPS) is 9.98. The smallest absolute Gasteiger partial charge is 0.280 e. The van der Waals surface area contributed by atoms with E-state index in [1.165, 1.54) is 6.20 Å². The molecule has 11 heteroatoms. The number of pyridine rings is 2. The minimum Gasteiger partial charge on any atom is -0.399 e. The molecule has 3 N–H and O–H groups in total. The second kappa shape index (κ2) is 15.0. The third-order valence-electron chi connectivity index (χ3n) is 6.90. The minimum atomic E-state index is -0.395. The quantitative estimate of drug-likeness (QED) is 0.0638. The molecule has 6 aromatic rings. The van der Waals surface area contributed by atoms with Crippen LogP contribution in [0.1, 0.15) is 22.3 Å². The van der Waals surface area contributed by atoms with Crippen molar-refractivity contribution in [1.29, 1.82) is 0 Å². The van der Waals surface area contributed by atoms with Crippen molar-refractivity contribution in [1.82, 2.24) is 9.97 Å². The fourth-order valence-electron chi connectivity index (χ4n) is 4.70. The van der Waals surface area contributed by atoms with Gasteiger partial charge >= 0.3 is 0 Å². The van der Waals surface area contributed by atoms with E-state index in [1.807, 2.05) is 42.5 Å². The number of benzene rings is 4. The number of aromatic nitrogens is 2. The van der Waals surface area contributed by atoms with Crippen LogP contribution in [0, 0.1) is 58.8 Å². The summed E-state index contributed by atoms with van der Waals surface area (Å²) in [5.74, 6) is 5.62. The average Bonchev–Trinajstić information content (AvgIpc) is 3.05. The Morgan fingerprint density at radius 1 is 0.723 bits per heavy atom. The zero-order chi connectivity index (χ0) is 34.1. The van der Waals surface area contributed by atoms with E-state index in [0.717, 1.165) is 16.8 Å². The van der Waals surface area contributed by atoms with Gasteiger partial charge in [0.15, 0.2) is 0 Å². The second-order valence-electron chi connectivity index (χ2n) is 10.0. The van der Waals surface area contributed by atoms with Crippen molar-refractivity contribution in [2.24, 2.45) is 0 Å². The van der Waals surface area contributed by atoms with E-state index in [4.69, 9.17) is 30.2 Å². The molecule has 47 heavy (non-hydrogen) atoms. The summed E-state index contributed by atoms with van der Waals surface area (Å²) in [6, 6.07) is 24.8. The van der Waals surface area contributed by atoms with Crippen molar-refractivity contribution in [2.75, 3.05) is 11.1 Å². The van der Waals surface area contributed by atoms with E-state index >= 15 is 0 Å². The Hall–Kier alpha value is -6.49. The molecule has 2 heterocycles. The number of nitrogen functional groups attached to an aromatic ring is 1. The number of nitro groups is 2. The molecule has 0 fully saturated rings. The fourth-order valence-corrected chi connectivity index (χ4v) is 4.92. The lowest BCUT2D eigenvalue weighted by molar-refractivity contribution is -0.383. The highest BCUT2D eigenvalue weighted by atomic mass is 35.5. The van der Waals surface area contributed by atoms with Crippen LogP contribution in [0.2, 0.25) is 5.15 Å². The molecule has 0 unspecified atom stereocenters. The molecule has 0 atom stereocenters. The molecule has 6 rings (SSSR count). The first kappa shape index (κ1) is 33.4. The van der Waals surface area contributed by atoms with Crippen LogP contribution in [0.3, 0.4) is 0 Å². The first-order valence-electron chi connectivity index (χ1n) is 13.9. The van der Waals surface area contributed by atoms with Gasteiger partial charge in [-0.25, -0.2) is 9.97 Å². The van der Waals surface area contributed by atoms with Crippen LogP contribution in [0.5, 0.6) is 0 Å². The summed E-state index contributed by atoms with van der Waals surface area (Å²) in [5.41, 5.74) is 9.95. The van der Waals surface area contributed by atoms with Crippen molar-refractivity contribution >= 4 is 61.7 Å². The molecule has 232 valence electrons. The molecule has 0 aliphatic carbocycles. The Balaban J connectivity index is 0.000000178. The molecule has 0 saturated heterocycles. The van der Waals surface area contributed by atoms with Crippen LogP contribution in [0.25, 0.3) is 21.5 Å². The number of nitrogens with one attached hydrogen (secondary N) is 1. The average molecular weight is 643 g/mol. The molecule has 0 radical (unpaired) electrons. The summed E-state index contributed by atoms with van der Waals surface area (Å²) in [6.07, 6.45) is 13.5. The van der Waals surface area contributed by atoms with Gasteiger partial charge in [0, 0.05) is 56.8 Å². The predicted octanol–water partition coefficient (Wildman–Crippen LogP) is 8.53. The number of anilines is 3. The Kier molecular flexibility index (Phi) is 10.7. The van der Waals surface area contributed by atoms with Gasteiger partial charge in [0.05, 0.1) is 20.6 Å². The molecular weight excluding hydrogens is 616 g/mol. The van der Waals surface area contributed by atoms with E-state index in [1.54, 1.807) is 62.5 Å². The molecule has 0 bridgehead atoms. The number of hydrogen-bond donors (Lipinski definition) is 2. The molecule has 10 nitrogen and oxygen atoms in total. The Morgan fingerprint density at radius 2 is 1.26 bits per heavy atom. The number of terminal acetylenes is 2. The second-order valence-corrected chi connectivity index (χ2v) is 10.4. The van der Waals surface area contributed by atoms with Crippen LogP contribution in [-0.2, 0) is 0 Å². The van der Waals surface area contributed by atoms with Crippen molar-refractivity contribution < 1.29 is 9.85 Å². The van der Waals surface area contributed by atoms with Crippen LogP contribution in [0.4, 0.5) is 28.6 Å². The third kappa shape index (κ3) is 7.97. The maximum absolute atomic E-state index is 11.3. The fraction of sp³-hybridized carbons (Fsp3) is 0.0556. The highest BCUT2D eigenvalue weighted by molar-refractivity contribution is 6.34. The molecule has 0 saturated carbocycles. The lowest BCUT2D eigenvalue weighted by Gasteiger charge is -2.10. The van der Waals surface area contributed by atoms with E-state index in [-0.39, 0.29) is 21.5 Å². The maximum Gasteiger partial charge on any atom is 0.280 e. The maximum atomic E-state index is 11.3. The summed E-state index contributed by atoms with van der Waals surface area (Å²) in [5, 5.41) is 28.1. The minimum absolute atomic E-state index is 0.0943. The summed E-state index contributed by atoms with van der Waals surface area (Å²) in [4.78, 5) is 29.6. The standard InChI is InChI=1S/C18H13N3O2.C10H7ClN2O2.C8H7N/c1-3-13-5-4-6-14(11-13)20-18-16-8-7-12(2)17(21(22)23)15(16)9-10-19-18;1-6-2-3-8-7(9(6)13(14)15)4-5-12-10(8)11;1-2-7-4-3-5-8(9)6-7/h1,4-11H,2H3,(H,19,20);2-5H,1H3;1,3-6H,9H2. The molecule has 0 aliphatic rings. The largest absolute Gasteiger partial charge is 0.399 e. The zero-order valence-electron chi connectivity index (χ0n) is 25.3. The number of halogens is 1. The monoisotopic (exact) mass is 642 g/mol. The van der Waals surface area contributed by atoms with Crippen LogP contribution in [0.15, 0.2) is 97.3 Å². The highest BCUT2D eigenvalue weighted by Crippen LogP contribution is 2.34. The zero-order valence-corrected chi connectivity index (χ0v) is 26.0. The van der Waals surface area contributed by atoms with Crippen molar-refractivity contribution in [3.63, 3.8) is 0 Å². The lowest BCUT2D eigenvalue weighted by Crippen LogP contribution is -1.98. The third-order valence-corrected chi connectivity index (χ3v) is 7.20. The number of fused-ring (bicyclic) bond motifs is 2. The summed E-state index contributed by atoms with van der Waals surface area (Å²) in [6.45, 7) is 3.42. The Bertz CT molecular complexity index is 2220. The van der Waals surface area contributed by atoms with Gasteiger partial charge < -0.3 is 11.1 Å². The van der Waals surface area contributed by atoms with Gasteiger partial charge in [-0.15, -0.1) is 12.8 Å².